The second-order valence-electron chi connectivity index (χ2n) is 4.53. The summed E-state index contributed by atoms with van der Waals surface area (Å²) in [6.07, 6.45) is 1.95. The Morgan fingerprint density at radius 3 is 2.95 bits per heavy atom. The van der Waals surface area contributed by atoms with Crippen LogP contribution in [0, 0.1) is 0 Å². The normalized spacial score (nSPS) is 17.7. The van der Waals surface area contributed by atoms with E-state index in [9.17, 15) is 9.59 Å². The first-order valence-corrected chi connectivity index (χ1v) is 6.52. The molecule has 2 rings (SSSR count). The summed E-state index contributed by atoms with van der Waals surface area (Å²) in [5.74, 6) is -0.000424. The lowest BCUT2D eigenvalue weighted by Gasteiger charge is -2.14. The molecule has 0 saturated carbocycles. The molecule has 1 heterocycles. The molecule has 1 saturated heterocycles. The molecule has 0 bridgehead atoms. The van der Waals surface area contributed by atoms with E-state index >= 15 is 0 Å². The van der Waals surface area contributed by atoms with Crippen molar-refractivity contribution in [1.82, 2.24) is 5.32 Å². The summed E-state index contributed by atoms with van der Waals surface area (Å²) in [5.41, 5.74) is 1.61. The van der Waals surface area contributed by atoms with Crippen LogP contribution >= 0.6 is 0 Å². The number of amides is 2. The second kappa shape index (κ2) is 6.22. The van der Waals surface area contributed by atoms with Gasteiger partial charge in [-0.2, -0.15) is 0 Å². The molecule has 2 N–H and O–H groups in total. The van der Waals surface area contributed by atoms with Crippen molar-refractivity contribution < 1.29 is 14.3 Å². The van der Waals surface area contributed by atoms with Crippen molar-refractivity contribution in [3.63, 3.8) is 0 Å². The Labute approximate surface area is 112 Å². The quantitative estimate of drug-likeness (QED) is 0.857. The molecule has 2 amide bonds. The first kappa shape index (κ1) is 13.4. The predicted octanol–water partition coefficient (Wildman–Crippen LogP) is 2.60. The van der Waals surface area contributed by atoms with Gasteiger partial charge in [-0.1, -0.05) is 31.5 Å². The van der Waals surface area contributed by atoms with Crippen LogP contribution in [0.4, 0.5) is 10.5 Å². The Morgan fingerprint density at radius 2 is 2.26 bits per heavy atom. The maximum Gasteiger partial charge on any atom is 0.407 e. The monoisotopic (exact) mass is 262 g/mol. The highest BCUT2D eigenvalue weighted by molar-refractivity contribution is 5.91. The molecule has 102 valence electrons. The summed E-state index contributed by atoms with van der Waals surface area (Å²) >= 11 is 0. The Bertz CT molecular complexity index is 474. The molecule has 1 aromatic rings. The van der Waals surface area contributed by atoms with E-state index in [0.717, 1.165) is 24.1 Å². The van der Waals surface area contributed by atoms with E-state index in [-0.39, 0.29) is 11.9 Å². The minimum absolute atomic E-state index is 0.000424. The fourth-order valence-corrected chi connectivity index (χ4v) is 2.02. The topological polar surface area (TPSA) is 67.4 Å². The average Bonchev–Trinajstić information content (AvgIpc) is 2.83. The van der Waals surface area contributed by atoms with Crippen molar-refractivity contribution in [1.29, 1.82) is 0 Å². The van der Waals surface area contributed by atoms with Gasteiger partial charge in [0.1, 0.15) is 6.61 Å². The van der Waals surface area contributed by atoms with E-state index in [2.05, 4.69) is 10.6 Å². The third kappa shape index (κ3) is 3.47. The van der Waals surface area contributed by atoms with Gasteiger partial charge in [0.25, 0.3) is 0 Å². The minimum Gasteiger partial charge on any atom is -0.447 e. The van der Waals surface area contributed by atoms with E-state index in [0.29, 0.717) is 13.0 Å². The summed E-state index contributed by atoms with van der Waals surface area (Å²) < 4.78 is 4.88. The zero-order chi connectivity index (χ0) is 13.7. The number of carbonyl (C=O) groups excluding carboxylic acids is 2. The Hall–Kier alpha value is -2.04. The molecule has 0 aromatic heterocycles. The number of nitrogens with one attached hydrogen (secondary N) is 2. The molecule has 19 heavy (non-hydrogen) atoms. The summed E-state index contributed by atoms with van der Waals surface area (Å²) in [7, 11) is 0. The van der Waals surface area contributed by atoms with Gasteiger partial charge in [0.05, 0.1) is 6.04 Å². The number of ether oxygens (including phenoxy) is 1. The van der Waals surface area contributed by atoms with Gasteiger partial charge in [-0.3, -0.25) is 4.79 Å². The molecule has 0 spiro atoms. The molecule has 1 atom stereocenters. The van der Waals surface area contributed by atoms with Crippen molar-refractivity contribution in [2.24, 2.45) is 0 Å². The molecule has 5 nitrogen and oxygen atoms in total. The van der Waals surface area contributed by atoms with Gasteiger partial charge in [-0.25, -0.2) is 4.79 Å². The summed E-state index contributed by atoms with van der Waals surface area (Å²) in [5, 5.41) is 5.61. The van der Waals surface area contributed by atoms with Gasteiger partial charge in [0, 0.05) is 17.7 Å². The zero-order valence-corrected chi connectivity index (χ0v) is 10.9. The molecular weight excluding hydrogens is 244 g/mol. The Kier molecular flexibility index (Phi) is 4.39. The van der Waals surface area contributed by atoms with Crippen LogP contribution in [-0.4, -0.2) is 18.6 Å². The van der Waals surface area contributed by atoms with Crippen molar-refractivity contribution in [3.05, 3.63) is 29.8 Å². The summed E-state index contributed by atoms with van der Waals surface area (Å²) in [6.45, 7) is 2.34. The van der Waals surface area contributed by atoms with Crippen LogP contribution in [-0.2, 0) is 9.53 Å². The molecule has 0 radical (unpaired) electrons. The fourth-order valence-electron chi connectivity index (χ4n) is 2.02. The lowest BCUT2D eigenvalue weighted by Crippen LogP contribution is -2.21. The largest absolute Gasteiger partial charge is 0.447 e. The number of rotatable bonds is 5. The highest BCUT2D eigenvalue weighted by Crippen LogP contribution is 2.25. The molecular formula is C14H18N2O3. The standard InChI is InChI=1S/C14H18N2O3/c1-2-3-8-13(17)15-11-7-5-4-6-10(11)12-9-19-14(18)16-12/h4-7,12H,2-3,8-9H2,1H3,(H,15,17)(H,16,18). The number of alkyl carbamates (subject to hydrolysis) is 1. The number of unbranched alkanes of at least 4 members (excludes halogenated alkanes) is 1. The Balaban J connectivity index is 2.08. The molecule has 1 aromatic carbocycles. The number of anilines is 1. The Morgan fingerprint density at radius 1 is 1.47 bits per heavy atom. The maximum atomic E-state index is 11.8. The van der Waals surface area contributed by atoms with Crippen molar-refractivity contribution >= 4 is 17.7 Å². The van der Waals surface area contributed by atoms with Crippen LogP contribution in [0.5, 0.6) is 0 Å². The van der Waals surface area contributed by atoms with E-state index in [1.165, 1.54) is 0 Å². The number of hydrogen-bond donors (Lipinski definition) is 2. The number of carbonyl (C=O) groups is 2. The molecule has 1 unspecified atom stereocenters. The number of hydrogen-bond acceptors (Lipinski definition) is 3. The molecule has 1 fully saturated rings. The van der Waals surface area contributed by atoms with E-state index in [1.807, 2.05) is 31.2 Å². The molecule has 0 aliphatic carbocycles. The van der Waals surface area contributed by atoms with Gasteiger partial charge >= 0.3 is 6.09 Å². The third-order valence-corrected chi connectivity index (χ3v) is 3.04. The van der Waals surface area contributed by atoms with Crippen LogP contribution in [0.1, 0.15) is 37.8 Å². The van der Waals surface area contributed by atoms with Crippen LogP contribution in [0.3, 0.4) is 0 Å². The number of cyclic esters (lactones) is 1. The van der Waals surface area contributed by atoms with Gasteiger partial charge in [0.15, 0.2) is 0 Å². The van der Waals surface area contributed by atoms with E-state index in [1.54, 1.807) is 0 Å². The lowest BCUT2D eigenvalue weighted by molar-refractivity contribution is -0.116. The van der Waals surface area contributed by atoms with Crippen LogP contribution < -0.4 is 10.6 Å². The molecule has 1 aliphatic rings. The fraction of sp³-hybridized carbons (Fsp3) is 0.429. The maximum absolute atomic E-state index is 11.8. The molecule has 5 heteroatoms. The SMILES string of the molecule is CCCCC(=O)Nc1ccccc1C1COC(=O)N1. The average molecular weight is 262 g/mol. The van der Waals surface area contributed by atoms with Gasteiger partial charge < -0.3 is 15.4 Å². The van der Waals surface area contributed by atoms with Crippen LogP contribution in [0.2, 0.25) is 0 Å². The first-order chi connectivity index (χ1) is 9.20. The van der Waals surface area contributed by atoms with Gasteiger partial charge in [0.2, 0.25) is 5.91 Å². The second-order valence-corrected chi connectivity index (χ2v) is 4.53. The van der Waals surface area contributed by atoms with Crippen LogP contribution in [0.25, 0.3) is 0 Å². The van der Waals surface area contributed by atoms with Gasteiger partial charge in [-0.05, 0) is 12.5 Å². The van der Waals surface area contributed by atoms with E-state index < -0.39 is 6.09 Å². The highest BCUT2D eigenvalue weighted by atomic mass is 16.6. The highest BCUT2D eigenvalue weighted by Gasteiger charge is 2.25. The van der Waals surface area contributed by atoms with E-state index in [4.69, 9.17) is 4.74 Å². The predicted molar refractivity (Wildman–Crippen MR) is 71.8 cm³/mol. The number of benzene rings is 1. The smallest absolute Gasteiger partial charge is 0.407 e. The zero-order valence-electron chi connectivity index (χ0n) is 10.9. The van der Waals surface area contributed by atoms with Crippen molar-refractivity contribution in [2.75, 3.05) is 11.9 Å². The number of para-hydroxylation sites is 1. The summed E-state index contributed by atoms with van der Waals surface area (Å²) in [6, 6.07) is 7.26. The third-order valence-electron chi connectivity index (χ3n) is 3.04. The van der Waals surface area contributed by atoms with Crippen molar-refractivity contribution in [3.8, 4) is 0 Å². The minimum atomic E-state index is -0.419. The van der Waals surface area contributed by atoms with Gasteiger partial charge in [-0.15, -0.1) is 0 Å². The first-order valence-electron chi connectivity index (χ1n) is 6.52. The molecule has 1 aliphatic heterocycles. The lowest BCUT2D eigenvalue weighted by atomic mass is 10.1. The van der Waals surface area contributed by atoms with Crippen LogP contribution in [0.15, 0.2) is 24.3 Å². The summed E-state index contributed by atoms with van der Waals surface area (Å²) in [4.78, 5) is 22.9. The van der Waals surface area contributed by atoms with Crippen molar-refractivity contribution in [2.45, 2.75) is 32.2 Å².